The molecule has 0 aliphatic rings. The van der Waals surface area contributed by atoms with Gasteiger partial charge in [-0.15, -0.1) is 0 Å². The van der Waals surface area contributed by atoms with Gasteiger partial charge >= 0.3 is 0 Å². The van der Waals surface area contributed by atoms with Gasteiger partial charge in [0.25, 0.3) is 5.91 Å². The molecule has 2 aromatic carbocycles. The Morgan fingerprint density at radius 2 is 1.85 bits per heavy atom. The van der Waals surface area contributed by atoms with Gasteiger partial charge < -0.3 is 10.1 Å². The van der Waals surface area contributed by atoms with E-state index in [9.17, 15) is 14.4 Å². The number of rotatable bonds is 6. The Labute approximate surface area is 185 Å². The normalized spacial score (nSPS) is 11.2. The van der Waals surface area contributed by atoms with Gasteiger partial charge in [-0.25, -0.2) is 4.39 Å². The van der Waals surface area contributed by atoms with Gasteiger partial charge in [-0.05, 0) is 100 Å². The highest BCUT2D eigenvalue weighted by molar-refractivity contribution is 14.1. The van der Waals surface area contributed by atoms with Crippen LogP contribution >= 0.6 is 45.2 Å². The Kier molecular flexibility index (Phi) is 8.04. The van der Waals surface area contributed by atoms with Gasteiger partial charge in [0.2, 0.25) is 0 Å². The van der Waals surface area contributed by atoms with Crippen LogP contribution in [0.2, 0.25) is 0 Å². The molecule has 1 N–H and O–H groups in total. The second kappa shape index (κ2) is 10.0. The number of amides is 1. The number of benzene rings is 2. The van der Waals surface area contributed by atoms with E-state index in [1.165, 1.54) is 12.1 Å². The molecule has 1 amide bonds. The van der Waals surface area contributed by atoms with Crippen LogP contribution in [0.5, 0.6) is 5.75 Å². The van der Waals surface area contributed by atoms with Crippen molar-refractivity contribution in [3.8, 4) is 11.8 Å². The largest absolute Gasteiger partial charge is 0.487 e. The predicted molar refractivity (Wildman–Crippen MR) is 119 cm³/mol. The predicted octanol–water partition coefficient (Wildman–Crippen LogP) is 5.05. The van der Waals surface area contributed by atoms with Crippen molar-refractivity contribution >= 4 is 57.2 Å². The summed E-state index contributed by atoms with van der Waals surface area (Å²) in [4.78, 5) is 12.1. The number of carbonyl (C=O) groups is 1. The van der Waals surface area contributed by atoms with Crippen LogP contribution in [-0.2, 0) is 11.4 Å². The van der Waals surface area contributed by atoms with Crippen molar-refractivity contribution in [3.63, 3.8) is 0 Å². The molecule has 2 aromatic rings. The van der Waals surface area contributed by atoms with E-state index in [1.54, 1.807) is 18.2 Å². The van der Waals surface area contributed by atoms with Gasteiger partial charge in [-0.2, -0.15) is 5.26 Å². The Hall–Kier alpha value is -1.67. The smallest absolute Gasteiger partial charge is 0.262 e. The maximum absolute atomic E-state index is 13.0. The minimum Gasteiger partial charge on any atom is -0.487 e. The first kappa shape index (κ1) is 21.6. The number of nitriles is 1. The van der Waals surface area contributed by atoms with Gasteiger partial charge in [-0.3, -0.25) is 4.79 Å². The molecule has 0 aliphatic carbocycles. The Morgan fingerprint density at radius 1 is 1.26 bits per heavy atom. The topological polar surface area (TPSA) is 62.1 Å². The second-order valence-electron chi connectivity index (χ2n) is 6.03. The molecule has 2 rings (SSSR count). The minimum absolute atomic E-state index is 0.0447. The molecule has 0 heterocycles. The van der Waals surface area contributed by atoms with Crippen LogP contribution in [0, 0.1) is 24.3 Å². The maximum atomic E-state index is 13.0. The highest BCUT2D eigenvalue weighted by Crippen LogP contribution is 2.30. The number of carbonyl (C=O) groups excluding carboxylic acids is 1. The van der Waals surface area contributed by atoms with Crippen molar-refractivity contribution in [3.05, 3.63) is 66.1 Å². The SMILES string of the molecule is CC(C)NC(=O)/C(C#N)=C\c1cc(I)c(OCc2ccc(F)cc2)c(I)c1. The number of hydrogen-bond donors (Lipinski definition) is 1. The lowest BCUT2D eigenvalue weighted by molar-refractivity contribution is -0.117. The summed E-state index contributed by atoms with van der Waals surface area (Å²) in [6.45, 7) is 4.00. The molecule has 27 heavy (non-hydrogen) atoms. The summed E-state index contributed by atoms with van der Waals surface area (Å²) >= 11 is 4.31. The highest BCUT2D eigenvalue weighted by Gasteiger charge is 2.13. The second-order valence-corrected chi connectivity index (χ2v) is 8.35. The lowest BCUT2D eigenvalue weighted by Gasteiger charge is -2.12. The number of halogens is 3. The van der Waals surface area contributed by atoms with Crippen molar-refractivity contribution in [2.24, 2.45) is 0 Å². The van der Waals surface area contributed by atoms with E-state index in [-0.39, 0.29) is 17.4 Å². The van der Waals surface area contributed by atoms with E-state index in [0.29, 0.717) is 12.4 Å². The summed E-state index contributed by atoms with van der Waals surface area (Å²) in [6.07, 6.45) is 1.56. The van der Waals surface area contributed by atoms with E-state index in [4.69, 9.17) is 4.74 Å². The van der Waals surface area contributed by atoms with Crippen molar-refractivity contribution in [2.75, 3.05) is 0 Å². The Balaban J connectivity index is 2.20. The summed E-state index contributed by atoms with van der Waals surface area (Å²) in [5.74, 6) is 0.0332. The first-order valence-electron chi connectivity index (χ1n) is 8.09. The summed E-state index contributed by atoms with van der Waals surface area (Å²) in [7, 11) is 0. The van der Waals surface area contributed by atoms with E-state index in [2.05, 4.69) is 50.5 Å². The molecule has 0 aliphatic heterocycles. The fourth-order valence-electron chi connectivity index (χ4n) is 2.19. The molecule has 0 saturated carbocycles. The van der Waals surface area contributed by atoms with E-state index in [1.807, 2.05) is 32.0 Å². The summed E-state index contributed by atoms with van der Waals surface area (Å²) in [5.41, 5.74) is 1.66. The summed E-state index contributed by atoms with van der Waals surface area (Å²) in [6, 6.07) is 11.8. The monoisotopic (exact) mass is 590 g/mol. The quantitative estimate of drug-likeness (QED) is 0.292. The maximum Gasteiger partial charge on any atom is 0.262 e. The van der Waals surface area contributed by atoms with Crippen LogP contribution in [0.4, 0.5) is 4.39 Å². The van der Waals surface area contributed by atoms with Crippen LogP contribution in [0.3, 0.4) is 0 Å². The lowest BCUT2D eigenvalue weighted by Crippen LogP contribution is -2.30. The standard InChI is InChI=1S/C20H17FI2N2O2/c1-12(2)25-20(26)15(10-24)7-14-8-17(22)19(18(23)9-14)27-11-13-3-5-16(21)6-4-13/h3-9,12H,11H2,1-2H3,(H,25,26)/b15-7-. The van der Waals surface area contributed by atoms with E-state index < -0.39 is 5.91 Å². The van der Waals surface area contributed by atoms with Gasteiger partial charge in [0, 0.05) is 6.04 Å². The molecule has 0 atom stereocenters. The van der Waals surface area contributed by atoms with Crippen LogP contribution in [0.15, 0.2) is 42.0 Å². The molecule has 0 bridgehead atoms. The lowest BCUT2D eigenvalue weighted by atomic mass is 10.1. The molecular weight excluding hydrogens is 573 g/mol. The average Bonchev–Trinajstić information content (AvgIpc) is 2.59. The number of ether oxygens (including phenoxy) is 1. The average molecular weight is 590 g/mol. The highest BCUT2D eigenvalue weighted by atomic mass is 127. The molecule has 0 unspecified atom stereocenters. The molecule has 7 heteroatoms. The third kappa shape index (κ3) is 6.46. The Bertz CT molecular complexity index is 880. The van der Waals surface area contributed by atoms with Gasteiger partial charge in [0.1, 0.15) is 29.8 Å². The molecule has 0 radical (unpaired) electrons. The van der Waals surface area contributed by atoms with Gasteiger partial charge in [-0.1, -0.05) is 12.1 Å². The van der Waals surface area contributed by atoms with Crippen LogP contribution in [-0.4, -0.2) is 11.9 Å². The number of hydrogen-bond acceptors (Lipinski definition) is 3. The zero-order chi connectivity index (χ0) is 20.0. The fraction of sp³-hybridized carbons (Fsp3) is 0.200. The molecule has 140 valence electrons. The van der Waals surface area contributed by atoms with Gasteiger partial charge in [0.05, 0.1) is 7.14 Å². The first-order valence-corrected chi connectivity index (χ1v) is 10.2. The molecular formula is C20H17FI2N2O2. The van der Waals surface area contributed by atoms with Gasteiger partial charge in [0.15, 0.2) is 0 Å². The van der Waals surface area contributed by atoms with Crippen molar-refractivity contribution < 1.29 is 13.9 Å². The van der Waals surface area contributed by atoms with Crippen LogP contribution in [0.25, 0.3) is 6.08 Å². The molecule has 0 fully saturated rings. The first-order chi connectivity index (χ1) is 12.8. The fourth-order valence-corrected chi connectivity index (χ4v) is 4.32. The third-order valence-corrected chi connectivity index (χ3v) is 5.02. The van der Waals surface area contributed by atoms with Crippen LogP contribution < -0.4 is 10.1 Å². The summed E-state index contributed by atoms with van der Waals surface area (Å²) < 4.78 is 20.6. The molecule has 0 spiro atoms. The minimum atomic E-state index is -0.394. The molecule has 0 saturated heterocycles. The summed E-state index contributed by atoms with van der Waals surface area (Å²) in [5, 5.41) is 12.0. The Morgan fingerprint density at radius 3 is 2.37 bits per heavy atom. The van der Waals surface area contributed by atoms with E-state index >= 15 is 0 Å². The van der Waals surface area contributed by atoms with Crippen molar-refractivity contribution in [1.82, 2.24) is 5.32 Å². The van der Waals surface area contributed by atoms with Crippen molar-refractivity contribution in [1.29, 1.82) is 5.26 Å². The van der Waals surface area contributed by atoms with Crippen LogP contribution in [0.1, 0.15) is 25.0 Å². The number of nitrogens with zero attached hydrogens (tertiary/aromatic N) is 1. The zero-order valence-electron chi connectivity index (χ0n) is 14.7. The third-order valence-electron chi connectivity index (χ3n) is 3.41. The number of nitrogens with one attached hydrogen (secondary N) is 1. The zero-order valence-corrected chi connectivity index (χ0v) is 19.0. The molecule has 0 aromatic heterocycles. The van der Waals surface area contributed by atoms with Crippen molar-refractivity contribution in [2.45, 2.75) is 26.5 Å². The van der Waals surface area contributed by atoms with E-state index in [0.717, 1.165) is 18.3 Å². The molecule has 4 nitrogen and oxygen atoms in total.